The number of ether oxygens (including phenoxy) is 1. The van der Waals surface area contributed by atoms with Crippen molar-refractivity contribution in [1.82, 2.24) is 9.78 Å². The summed E-state index contributed by atoms with van der Waals surface area (Å²) in [6, 6.07) is 19.8. The number of aromatic nitrogens is 2. The van der Waals surface area contributed by atoms with E-state index in [1.807, 2.05) is 24.3 Å². The number of amides is 1. The third-order valence-corrected chi connectivity index (χ3v) is 4.44. The highest BCUT2D eigenvalue weighted by molar-refractivity contribution is 6.02. The fraction of sp³-hybridized carbons (Fsp3) is 0.0455. The minimum Gasteiger partial charge on any atom is -0.486 e. The highest BCUT2D eigenvalue weighted by Gasteiger charge is 2.18. The van der Waals surface area contributed by atoms with Gasteiger partial charge in [-0.1, -0.05) is 18.2 Å². The Labute approximate surface area is 181 Å². The first-order chi connectivity index (χ1) is 15.5. The van der Waals surface area contributed by atoms with Crippen LogP contribution in [0.1, 0.15) is 21.9 Å². The summed E-state index contributed by atoms with van der Waals surface area (Å²) in [6.45, 7) is 0.0243. The lowest BCUT2D eigenvalue weighted by Crippen LogP contribution is -2.15. The number of carbonyl (C=O) groups is 1. The Morgan fingerprint density at radius 2 is 1.91 bits per heavy atom. The molecule has 158 valence electrons. The predicted octanol–water partition coefficient (Wildman–Crippen LogP) is 4.08. The Morgan fingerprint density at radius 3 is 2.59 bits per heavy atom. The van der Waals surface area contributed by atoms with Crippen LogP contribution in [0.5, 0.6) is 5.75 Å². The van der Waals surface area contributed by atoms with E-state index in [1.165, 1.54) is 41.2 Å². The monoisotopic (exact) mass is 429 g/mol. The molecule has 4 aromatic rings. The molecule has 32 heavy (non-hydrogen) atoms. The number of para-hydroxylation sites is 1. The largest absolute Gasteiger partial charge is 0.486 e. The van der Waals surface area contributed by atoms with Gasteiger partial charge in [0, 0.05) is 12.1 Å². The van der Waals surface area contributed by atoms with E-state index in [1.54, 1.807) is 18.2 Å². The van der Waals surface area contributed by atoms with Gasteiger partial charge in [0.2, 0.25) is 0 Å². The van der Waals surface area contributed by atoms with Crippen molar-refractivity contribution in [2.24, 2.45) is 0 Å². The van der Waals surface area contributed by atoms with Crippen LogP contribution in [-0.2, 0) is 6.61 Å². The molecule has 0 radical (unpaired) electrons. The first-order valence-corrected chi connectivity index (χ1v) is 9.36. The second-order valence-electron chi connectivity index (χ2n) is 6.53. The van der Waals surface area contributed by atoms with E-state index < -0.39 is 10.8 Å². The summed E-state index contributed by atoms with van der Waals surface area (Å²) >= 11 is 0. The second-order valence-corrected chi connectivity index (χ2v) is 6.53. The number of rotatable bonds is 7. The van der Waals surface area contributed by atoms with Crippen LogP contribution >= 0.6 is 0 Å². The van der Waals surface area contributed by atoms with E-state index in [9.17, 15) is 20.2 Å². The molecule has 0 atom stereocenters. The molecule has 2 aromatic heterocycles. The first kappa shape index (κ1) is 20.4. The number of furan rings is 1. The number of nitro benzene ring substituents is 1. The van der Waals surface area contributed by atoms with Gasteiger partial charge in [0.25, 0.3) is 11.6 Å². The number of anilines is 1. The van der Waals surface area contributed by atoms with Gasteiger partial charge >= 0.3 is 0 Å². The van der Waals surface area contributed by atoms with Gasteiger partial charge in [-0.25, -0.2) is 4.68 Å². The maximum Gasteiger partial charge on any atom is 0.292 e. The van der Waals surface area contributed by atoms with E-state index in [2.05, 4.69) is 10.4 Å². The molecule has 1 N–H and O–H groups in total. The number of nitrogens with zero attached hydrogens (tertiary/aromatic N) is 4. The summed E-state index contributed by atoms with van der Waals surface area (Å²) in [5.74, 6) is 0.496. The molecule has 4 rings (SSSR count). The van der Waals surface area contributed by atoms with E-state index >= 15 is 0 Å². The number of benzene rings is 2. The normalized spacial score (nSPS) is 10.3. The molecular weight excluding hydrogens is 414 g/mol. The van der Waals surface area contributed by atoms with Crippen LogP contribution in [0, 0.1) is 21.4 Å². The number of non-ortho nitro benzene ring substituents is 1. The highest BCUT2D eigenvalue weighted by atomic mass is 16.6. The molecular formula is C22H15N5O5. The predicted molar refractivity (Wildman–Crippen MR) is 112 cm³/mol. The molecule has 0 unspecified atom stereocenters. The van der Waals surface area contributed by atoms with Crippen molar-refractivity contribution in [3.63, 3.8) is 0 Å². The zero-order valence-electron chi connectivity index (χ0n) is 16.5. The summed E-state index contributed by atoms with van der Waals surface area (Å²) in [6.07, 6.45) is 1.37. The molecule has 10 nitrogen and oxygen atoms in total. The Morgan fingerprint density at radius 1 is 1.16 bits per heavy atom. The summed E-state index contributed by atoms with van der Waals surface area (Å²) < 4.78 is 12.5. The van der Waals surface area contributed by atoms with E-state index in [0.717, 1.165) is 0 Å². The highest BCUT2D eigenvalue weighted by Crippen LogP contribution is 2.22. The zero-order chi connectivity index (χ0) is 22.5. The second kappa shape index (κ2) is 8.85. The molecule has 0 aliphatic heterocycles. The number of nitro groups is 1. The fourth-order valence-corrected chi connectivity index (χ4v) is 2.88. The van der Waals surface area contributed by atoms with Gasteiger partial charge in [-0.15, -0.1) is 0 Å². The van der Waals surface area contributed by atoms with Crippen molar-refractivity contribution in [2.75, 3.05) is 5.32 Å². The van der Waals surface area contributed by atoms with Gasteiger partial charge in [-0.05, 0) is 36.4 Å². The Balaban J connectivity index is 1.45. The summed E-state index contributed by atoms with van der Waals surface area (Å²) in [7, 11) is 0. The van der Waals surface area contributed by atoms with Crippen LogP contribution in [0.15, 0.2) is 77.3 Å². The molecule has 0 fully saturated rings. The summed E-state index contributed by atoms with van der Waals surface area (Å²) in [4.78, 5) is 22.9. The quantitative estimate of drug-likeness (QED) is 0.345. The van der Waals surface area contributed by atoms with Gasteiger partial charge < -0.3 is 14.5 Å². The molecule has 0 saturated carbocycles. The standard InChI is InChI=1S/C22H15N5O5/c23-12-15-13-24-26(16-4-2-1-3-5-16)21(15)25-22(28)20-11-10-19(32-20)14-31-18-8-6-17(7-9-18)27(29)30/h1-11,13H,14H2,(H,25,28). The topological polar surface area (TPSA) is 136 Å². The first-order valence-electron chi connectivity index (χ1n) is 9.36. The van der Waals surface area contributed by atoms with Crippen LogP contribution in [-0.4, -0.2) is 20.6 Å². The molecule has 0 spiro atoms. The number of carbonyl (C=O) groups excluding carboxylic acids is 1. The van der Waals surface area contributed by atoms with Gasteiger partial charge in [0.1, 0.15) is 29.7 Å². The lowest BCUT2D eigenvalue weighted by atomic mass is 10.3. The van der Waals surface area contributed by atoms with E-state index in [0.29, 0.717) is 17.2 Å². The van der Waals surface area contributed by atoms with Crippen LogP contribution in [0.25, 0.3) is 5.69 Å². The molecule has 0 bridgehead atoms. The Bertz CT molecular complexity index is 1300. The smallest absolute Gasteiger partial charge is 0.292 e. The van der Waals surface area contributed by atoms with Gasteiger partial charge in [0.05, 0.1) is 16.8 Å². The molecule has 0 aliphatic carbocycles. The van der Waals surface area contributed by atoms with Crippen molar-refractivity contribution in [3.05, 3.63) is 100 Å². The fourth-order valence-electron chi connectivity index (χ4n) is 2.88. The van der Waals surface area contributed by atoms with Gasteiger partial charge in [-0.2, -0.15) is 10.4 Å². The van der Waals surface area contributed by atoms with Crippen LogP contribution in [0.3, 0.4) is 0 Å². The zero-order valence-corrected chi connectivity index (χ0v) is 16.5. The number of nitriles is 1. The van der Waals surface area contributed by atoms with Crippen molar-refractivity contribution in [2.45, 2.75) is 6.61 Å². The molecule has 2 aromatic carbocycles. The maximum absolute atomic E-state index is 12.7. The molecule has 0 aliphatic rings. The number of hydrogen-bond acceptors (Lipinski definition) is 7. The molecule has 0 saturated heterocycles. The summed E-state index contributed by atoms with van der Waals surface area (Å²) in [5, 5.41) is 26.9. The summed E-state index contributed by atoms with van der Waals surface area (Å²) in [5.41, 5.74) is 0.845. The average molecular weight is 429 g/mol. The Hall–Kier alpha value is -4.91. The number of nitrogens with one attached hydrogen (secondary N) is 1. The van der Waals surface area contributed by atoms with Crippen LogP contribution < -0.4 is 10.1 Å². The lowest BCUT2D eigenvalue weighted by Gasteiger charge is -2.08. The maximum atomic E-state index is 12.7. The Kier molecular flexibility index (Phi) is 5.63. The lowest BCUT2D eigenvalue weighted by molar-refractivity contribution is -0.384. The van der Waals surface area contributed by atoms with Crippen molar-refractivity contribution >= 4 is 17.4 Å². The molecule has 10 heteroatoms. The van der Waals surface area contributed by atoms with Crippen molar-refractivity contribution in [1.29, 1.82) is 5.26 Å². The molecule has 2 heterocycles. The average Bonchev–Trinajstić information content (AvgIpc) is 3.45. The third kappa shape index (κ3) is 4.31. The van der Waals surface area contributed by atoms with Gasteiger partial charge in [-0.3, -0.25) is 14.9 Å². The van der Waals surface area contributed by atoms with Gasteiger partial charge in [0.15, 0.2) is 11.6 Å². The SMILES string of the molecule is N#Cc1cnn(-c2ccccc2)c1NC(=O)c1ccc(COc2ccc([N+](=O)[O-])cc2)o1. The minimum atomic E-state index is -0.555. The molecule has 1 amide bonds. The minimum absolute atomic E-state index is 0.0243. The van der Waals surface area contributed by atoms with E-state index in [-0.39, 0.29) is 29.4 Å². The van der Waals surface area contributed by atoms with Crippen molar-refractivity contribution in [3.8, 4) is 17.5 Å². The number of hydrogen-bond donors (Lipinski definition) is 1. The van der Waals surface area contributed by atoms with E-state index in [4.69, 9.17) is 9.15 Å². The third-order valence-electron chi connectivity index (χ3n) is 4.44. The van der Waals surface area contributed by atoms with Crippen LogP contribution in [0.2, 0.25) is 0 Å². The van der Waals surface area contributed by atoms with Crippen LogP contribution in [0.4, 0.5) is 11.5 Å². The van der Waals surface area contributed by atoms with Crippen molar-refractivity contribution < 1.29 is 18.9 Å².